The molecule has 122 valence electrons. The van der Waals surface area contributed by atoms with Gasteiger partial charge in [-0.05, 0) is 79.7 Å². The van der Waals surface area contributed by atoms with E-state index in [-0.39, 0.29) is 5.91 Å². The molecule has 2 saturated carbocycles. The highest BCUT2D eigenvalue weighted by Crippen LogP contribution is 2.56. The van der Waals surface area contributed by atoms with Gasteiger partial charge in [0.1, 0.15) is 5.75 Å². The molecule has 0 saturated heterocycles. The molecule has 3 nitrogen and oxygen atoms in total. The first-order valence-corrected chi connectivity index (χ1v) is 8.87. The van der Waals surface area contributed by atoms with Gasteiger partial charge in [-0.3, -0.25) is 4.79 Å². The fourth-order valence-electron chi connectivity index (χ4n) is 4.11. The first-order valence-electron chi connectivity index (χ1n) is 8.87. The lowest BCUT2D eigenvalue weighted by atomic mass is 9.85. The van der Waals surface area contributed by atoms with Crippen LogP contribution in [-0.4, -0.2) is 23.5 Å². The molecule has 23 heavy (non-hydrogen) atoms. The van der Waals surface area contributed by atoms with Gasteiger partial charge >= 0.3 is 0 Å². The van der Waals surface area contributed by atoms with Crippen LogP contribution in [0.5, 0.6) is 5.75 Å². The first kappa shape index (κ1) is 14.8. The van der Waals surface area contributed by atoms with E-state index in [1.54, 1.807) is 0 Å². The van der Waals surface area contributed by atoms with Crippen molar-refractivity contribution in [2.75, 3.05) is 6.54 Å². The Hall–Kier alpha value is -1.77. The molecular weight excluding hydrogens is 286 g/mol. The van der Waals surface area contributed by atoms with Gasteiger partial charge in [-0.15, -0.1) is 0 Å². The minimum absolute atomic E-state index is 0.0176. The molecule has 1 spiro atoms. The highest BCUT2D eigenvalue weighted by atomic mass is 16.5. The number of amides is 1. The number of hydrogen-bond acceptors (Lipinski definition) is 2. The number of hydrogen-bond donors (Lipinski definition) is 0. The van der Waals surface area contributed by atoms with Gasteiger partial charge in [0.2, 0.25) is 5.91 Å². The molecule has 0 unspecified atom stereocenters. The Morgan fingerprint density at radius 2 is 2.00 bits per heavy atom. The predicted octanol–water partition coefficient (Wildman–Crippen LogP) is 3.86. The fourth-order valence-corrected chi connectivity index (χ4v) is 4.11. The molecule has 1 amide bonds. The maximum atomic E-state index is 11.8. The summed E-state index contributed by atoms with van der Waals surface area (Å²) in [6.07, 6.45) is 10.6. The molecule has 3 aliphatic rings. The molecule has 2 fully saturated rings. The van der Waals surface area contributed by atoms with Crippen molar-refractivity contribution in [3.05, 3.63) is 42.0 Å². The third kappa shape index (κ3) is 3.01. The minimum Gasteiger partial charge on any atom is -0.490 e. The number of benzene rings is 1. The van der Waals surface area contributed by atoms with E-state index in [4.69, 9.17) is 4.74 Å². The third-order valence-corrected chi connectivity index (χ3v) is 5.93. The molecule has 0 aromatic heterocycles. The van der Waals surface area contributed by atoms with Crippen molar-refractivity contribution in [3.63, 3.8) is 0 Å². The Morgan fingerprint density at radius 1 is 1.22 bits per heavy atom. The molecule has 1 heterocycles. The largest absolute Gasteiger partial charge is 0.490 e. The molecule has 1 aromatic carbocycles. The van der Waals surface area contributed by atoms with Gasteiger partial charge in [0.15, 0.2) is 0 Å². The molecule has 0 bridgehead atoms. The Labute approximate surface area is 138 Å². The quantitative estimate of drug-likeness (QED) is 0.793. The van der Waals surface area contributed by atoms with Crippen LogP contribution in [0.4, 0.5) is 0 Å². The van der Waals surface area contributed by atoms with E-state index in [0.717, 1.165) is 18.7 Å². The number of carbonyl (C=O) groups is 1. The first-order chi connectivity index (χ1) is 11.2. The lowest BCUT2D eigenvalue weighted by Crippen LogP contribution is -2.34. The molecule has 0 atom stereocenters. The average Bonchev–Trinajstić information content (AvgIpc) is 3.35. The van der Waals surface area contributed by atoms with E-state index in [1.165, 1.54) is 55.7 Å². The number of nitrogens with zero attached hydrogens (tertiary/aromatic N) is 1. The van der Waals surface area contributed by atoms with Crippen LogP contribution in [0.25, 0.3) is 0 Å². The van der Waals surface area contributed by atoms with Gasteiger partial charge in [-0.25, -0.2) is 0 Å². The Bertz CT molecular complexity index is 623. The number of carbonyl (C=O) groups excluding carboxylic acids is 1. The summed E-state index contributed by atoms with van der Waals surface area (Å²) >= 11 is 0. The van der Waals surface area contributed by atoms with Gasteiger partial charge < -0.3 is 9.64 Å². The lowest BCUT2D eigenvalue weighted by Gasteiger charge is -2.30. The van der Waals surface area contributed by atoms with Crippen LogP contribution in [0, 0.1) is 5.41 Å². The molecule has 1 aromatic rings. The summed E-state index contributed by atoms with van der Waals surface area (Å²) in [5.41, 5.74) is 3.27. The van der Waals surface area contributed by atoms with E-state index in [2.05, 4.69) is 24.8 Å². The van der Waals surface area contributed by atoms with Gasteiger partial charge in [-0.2, -0.15) is 0 Å². The van der Waals surface area contributed by atoms with Gasteiger partial charge in [-0.1, -0.05) is 12.6 Å². The summed E-state index contributed by atoms with van der Waals surface area (Å²) in [4.78, 5) is 13.7. The lowest BCUT2D eigenvalue weighted by molar-refractivity contribution is -0.126. The summed E-state index contributed by atoms with van der Waals surface area (Å²) < 4.78 is 6.24. The van der Waals surface area contributed by atoms with Crippen LogP contribution in [0.2, 0.25) is 0 Å². The normalized spacial score (nSPS) is 22.5. The third-order valence-electron chi connectivity index (χ3n) is 5.93. The zero-order chi connectivity index (χ0) is 15.9. The van der Waals surface area contributed by atoms with Gasteiger partial charge in [0.25, 0.3) is 0 Å². The minimum atomic E-state index is 0.0176. The SMILES string of the molecule is C=CC(=O)N1CCc2ccc(OC3CCC4(CC3)CC4)cc2C1. The van der Waals surface area contributed by atoms with Crippen molar-refractivity contribution >= 4 is 5.91 Å². The molecule has 0 N–H and O–H groups in total. The molecule has 0 radical (unpaired) electrons. The van der Waals surface area contributed by atoms with Crippen molar-refractivity contribution in [2.45, 2.75) is 57.6 Å². The molecular formula is C20H25NO2. The van der Waals surface area contributed by atoms with Crippen LogP contribution in [0.15, 0.2) is 30.9 Å². The van der Waals surface area contributed by atoms with Crippen molar-refractivity contribution in [2.24, 2.45) is 5.41 Å². The second kappa shape index (κ2) is 5.70. The van der Waals surface area contributed by atoms with Crippen molar-refractivity contribution in [1.29, 1.82) is 0 Å². The van der Waals surface area contributed by atoms with Crippen LogP contribution in [0.3, 0.4) is 0 Å². The van der Waals surface area contributed by atoms with E-state index < -0.39 is 0 Å². The standard InChI is InChI=1S/C20H25NO2/c1-2-19(22)21-12-7-15-3-4-18(13-16(15)14-21)23-17-5-8-20(9-6-17)10-11-20/h2-4,13,17H,1,5-12,14H2. The van der Waals surface area contributed by atoms with Crippen LogP contribution >= 0.6 is 0 Å². The number of ether oxygens (including phenoxy) is 1. The Morgan fingerprint density at radius 3 is 2.70 bits per heavy atom. The van der Waals surface area contributed by atoms with Gasteiger partial charge in [0.05, 0.1) is 6.10 Å². The van der Waals surface area contributed by atoms with Crippen molar-refractivity contribution < 1.29 is 9.53 Å². The Balaban J connectivity index is 1.42. The van der Waals surface area contributed by atoms with Crippen LogP contribution < -0.4 is 4.74 Å². The smallest absolute Gasteiger partial charge is 0.246 e. The number of rotatable bonds is 3. The molecule has 1 aliphatic heterocycles. The number of fused-ring (bicyclic) bond motifs is 1. The molecule has 2 aliphatic carbocycles. The predicted molar refractivity (Wildman–Crippen MR) is 90.3 cm³/mol. The summed E-state index contributed by atoms with van der Waals surface area (Å²) in [5.74, 6) is 0.984. The van der Waals surface area contributed by atoms with E-state index in [0.29, 0.717) is 18.1 Å². The molecule has 3 heteroatoms. The highest BCUT2D eigenvalue weighted by molar-refractivity contribution is 5.87. The van der Waals surface area contributed by atoms with Crippen molar-refractivity contribution in [1.82, 2.24) is 4.90 Å². The zero-order valence-electron chi connectivity index (χ0n) is 13.7. The highest BCUT2D eigenvalue weighted by Gasteiger charge is 2.45. The van der Waals surface area contributed by atoms with E-state index in [9.17, 15) is 4.79 Å². The van der Waals surface area contributed by atoms with Gasteiger partial charge in [0, 0.05) is 13.1 Å². The second-order valence-electron chi connectivity index (χ2n) is 7.46. The fraction of sp³-hybridized carbons (Fsp3) is 0.550. The monoisotopic (exact) mass is 311 g/mol. The summed E-state index contributed by atoms with van der Waals surface area (Å²) in [5, 5.41) is 0. The Kier molecular flexibility index (Phi) is 3.67. The summed E-state index contributed by atoms with van der Waals surface area (Å²) in [7, 11) is 0. The molecule has 4 rings (SSSR count). The topological polar surface area (TPSA) is 29.5 Å². The van der Waals surface area contributed by atoms with Crippen LogP contribution in [0.1, 0.15) is 49.7 Å². The van der Waals surface area contributed by atoms with E-state index in [1.807, 2.05) is 4.90 Å². The summed E-state index contributed by atoms with van der Waals surface area (Å²) in [6.45, 7) is 5.04. The average molecular weight is 311 g/mol. The second-order valence-corrected chi connectivity index (χ2v) is 7.46. The maximum absolute atomic E-state index is 11.8. The van der Waals surface area contributed by atoms with Crippen LogP contribution in [-0.2, 0) is 17.8 Å². The summed E-state index contributed by atoms with van der Waals surface area (Å²) in [6, 6.07) is 6.41. The van der Waals surface area contributed by atoms with E-state index >= 15 is 0 Å². The maximum Gasteiger partial charge on any atom is 0.246 e. The zero-order valence-corrected chi connectivity index (χ0v) is 13.7. The van der Waals surface area contributed by atoms with Crippen molar-refractivity contribution in [3.8, 4) is 5.75 Å².